The van der Waals surface area contributed by atoms with Gasteiger partial charge in [0, 0.05) is 19.2 Å². The number of hydrogen-bond acceptors (Lipinski definition) is 10. The van der Waals surface area contributed by atoms with Gasteiger partial charge in [-0.1, -0.05) is 0 Å². The summed E-state index contributed by atoms with van der Waals surface area (Å²) in [5.41, 5.74) is -0.370. The Kier molecular flexibility index (Phi) is 6.37. The molecule has 1 aliphatic heterocycles. The van der Waals surface area contributed by atoms with E-state index in [1.807, 2.05) is 0 Å². The number of carboxylic acids is 1. The van der Waals surface area contributed by atoms with Gasteiger partial charge in [-0.05, 0) is 30.7 Å². The minimum atomic E-state index is -1.57. The Labute approximate surface area is 170 Å². The van der Waals surface area contributed by atoms with Crippen LogP contribution in [-0.2, 0) is 9.53 Å². The number of carboxylic acid groups (broad SMARTS) is 1. The summed E-state index contributed by atoms with van der Waals surface area (Å²) < 4.78 is 11.0. The van der Waals surface area contributed by atoms with Crippen molar-refractivity contribution in [3.05, 3.63) is 44.7 Å². The molecule has 0 spiro atoms. The summed E-state index contributed by atoms with van der Waals surface area (Å²) in [5.74, 6) is -0.834. The fourth-order valence-corrected chi connectivity index (χ4v) is 3.16. The number of hydrogen-bond donors (Lipinski definition) is 6. The molecular formula is C19H22N2O9. The van der Waals surface area contributed by atoms with Gasteiger partial charge in [-0.25, -0.2) is 0 Å². The van der Waals surface area contributed by atoms with Crippen LogP contribution in [0.15, 0.2) is 33.9 Å². The van der Waals surface area contributed by atoms with Crippen molar-refractivity contribution in [3.8, 4) is 5.75 Å². The first-order chi connectivity index (χ1) is 14.2. The van der Waals surface area contributed by atoms with Gasteiger partial charge in [-0.2, -0.15) is 0 Å². The second-order valence-electron chi connectivity index (χ2n) is 6.87. The molecule has 3 unspecified atom stereocenters. The van der Waals surface area contributed by atoms with Gasteiger partial charge in [0.25, 0.3) is 10.9 Å². The van der Waals surface area contributed by atoms with E-state index in [-0.39, 0.29) is 30.0 Å². The van der Waals surface area contributed by atoms with E-state index in [1.165, 1.54) is 19.2 Å². The maximum absolute atomic E-state index is 11.6. The smallest absolute Gasteiger partial charge is 0.303 e. The molecule has 0 aliphatic carbocycles. The largest absolute Gasteiger partial charge is 0.481 e. The van der Waals surface area contributed by atoms with E-state index in [4.69, 9.17) is 14.6 Å². The number of benzene rings is 1. The van der Waals surface area contributed by atoms with Gasteiger partial charge in [0.15, 0.2) is 0 Å². The number of aliphatic hydroxyl groups is 3. The third-order valence-electron chi connectivity index (χ3n) is 4.85. The Morgan fingerprint density at radius 1 is 1.03 bits per heavy atom. The van der Waals surface area contributed by atoms with Gasteiger partial charge >= 0.3 is 5.97 Å². The topological polar surface area (TPSA) is 175 Å². The minimum Gasteiger partial charge on any atom is -0.481 e. The number of aliphatic hydroxyl groups excluding tert-OH is 3. The van der Waals surface area contributed by atoms with E-state index in [1.54, 1.807) is 12.1 Å². The normalized spacial score (nSPS) is 26.3. The fourth-order valence-electron chi connectivity index (χ4n) is 3.16. The van der Waals surface area contributed by atoms with Gasteiger partial charge in [0.05, 0.1) is 6.10 Å². The predicted octanol–water partition coefficient (Wildman–Crippen LogP) is -0.881. The highest BCUT2D eigenvalue weighted by molar-refractivity contribution is 5.78. The van der Waals surface area contributed by atoms with Crippen molar-refractivity contribution in [2.75, 3.05) is 17.7 Å². The lowest BCUT2D eigenvalue weighted by molar-refractivity contribution is -0.273. The lowest BCUT2D eigenvalue weighted by Gasteiger charge is -2.40. The second kappa shape index (κ2) is 8.79. The zero-order valence-corrected chi connectivity index (χ0v) is 15.9. The highest BCUT2D eigenvalue weighted by Crippen LogP contribution is 2.28. The molecule has 1 fully saturated rings. The molecule has 5 atom stereocenters. The van der Waals surface area contributed by atoms with Crippen LogP contribution < -0.4 is 26.2 Å². The highest BCUT2D eigenvalue weighted by Gasteiger charge is 2.44. The molecule has 6 N–H and O–H groups in total. The third-order valence-corrected chi connectivity index (χ3v) is 4.85. The molecule has 2 aromatic carbocycles. The maximum Gasteiger partial charge on any atom is 0.303 e. The zero-order chi connectivity index (χ0) is 22.0. The maximum atomic E-state index is 11.6. The van der Waals surface area contributed by atoms with Crippen LogP contribution >= 0.6 is 0 Å². The lowest BCUT2D eigenvalue weighted by atomic mass is 9.96. The molecule has 162 valence electrons. The van der Waals surface area contributed by atoms with E-state index in [2.05, 4.69) is 10.6 Å². The summed E-state index contributed by atoms with van der Waals surface area (Å²) in [5, 5.41) is 44.4. The molecule has 30 heavy (non-hydrogen) atoms. The number of nitrogens with one attached hydrogen (secondary N) is 2. The van der Waals surface area contributed by atoms with Gasteiger partial charge < -0.3 is 40.5 Å². The summed E-state index contributed by atoms with van der Waals surface area (Å²) in [6.45, 7) is 0. The van der Waals surface area contributed by atoms with Gasteiger partial charge in [-0.15, -0.1) is 0 Å². The van der Waals surface area contributed by atoms with Gasteiger partial charge in [-0.3, -0.25) is 14.4 Å². The van der Waals surface area contributed by atoms with Crippen molar-refractivity contribution >= 4 is 23.0 Å². The van der Waals surface area contributed by atoms with Crippen LogP contribution in [0.5, 0.6) is 5.75 Å². The summed E-state index contributed by atoms with van der Waals surface area (Å²) >= 11 is 0. The van der Waals surface area contributed by atoms with Gasteiger partial charge in [0.1, 0.15) is 35.4 Å². The molecule has 0 radical (unpaired) electrons. The predicted molar refractivity (Wildman–Crippen MR) is 105 cm³/mol. The average Bonchev–Trinajstić information content (AvgIpc) is 2.73. The van der Waals surface area contributed by atoms with Crippen LogP contribution in [0.25, 0.3) is 0 Å². The molecule has 3 rings (SSSR count). The van der Waals surface area contributed by atoms with Crippen LogP contribution in [0, 0.1) is 0 Å². The van der Waals surface area contributed by atoms with Crippen molar-refractivity contribution in [1.82, 2.24) is 0 Å². The average molecular weight is 422 g/mol. The van der Waals surface area contributed by atoms with E-state index in [0.717, 1.165) is 0 Å². The Hall–Kier alpha value is -2.99. The van der Waals surface area contributed by atoms with E-state index < -0.39 is 47.5 Å². The number of ether oxygens (including phenoxy) is 2. The molecule has 1 saturated heterocycles. The Balaban J connectivity index is 1.66. The monoisotopic (exact) mass is 422 g/mol. The molecule has 0 amide bonds. The van der Waals surface area contributed by atoms with E-state index >= 15 is 0 Å². The summed E-state index contributed by atoms with van der Waals surface area (Å²) in [4.78, 5) is 33.8. The molecule has 2 aromatic rings. The Morgan fingerprint density at radius 3 is 2.27 bits per heavy atom. The molecule has 0 aromatic heterocycles. The SMILES string of the molecule is CNc1c(Nc2ccc(OC3OC(CCC(=O)O)C(O)[C@H](O)[C@H]3O)cc2)c(=O)c1=O. The van der Waals surface area contributed by atoms with Crippen LogP contribution in [0.2, 0.25) is 0 Å². The van der Waals surface area contributed by atoms with Crippen molar-refractivity contribution in [1.29, 1.82) is 0 Å². The quantitative estimate of drug-likeness (QED) is 0.291. The first kappa shape index (κ1) is 21.7. The minimum absolute atomic E-state index is 0.0708. The first-order valence-corrected chi connectivity index (χ1v) is 9.19. The molecule has 0 bridgehead atoms. The second-order valence-corrected chi connectivity index (χ2v) is 6.87. The Morgan fingerprint density at radius 2 is 1.67 bits per heavy atom. The lowest BCUT2D eigenvalue weighted by Crippen LogP contribution is -2.59. The van der Waals surface area contributed by atoms with Gasteiger partial charge in [0.2, 0.25) is 6.29 Å². The summed E-state index contributed by atoms with van der Waals surface area (Å²) in [7, 11) is 1.53. The van der Waals surface area contributed by atoms with Crippen molar-refractivity contribution in [2.45, 2.75) is 43.5 Å². The first-order valence-electron chi connectivity index (χ1n) is 9.19. The van der Waals surface area contributed by atoms with Crippen LogP contribution in [-0.4, -0.2) is 64.1 Å². The fraction of sp³-hybridized carbons (Fsp3) is 0.421. The van der Waals surface area contributed by atoms with Crippen LogP contribution in [0.4, 0.5) is 17.1 Å². The highest BCUT2D eigenvalue weighted by atomic mass is 16.7. The van der Waals surface area contributed by atoms with Crippen molar-refractivity contribution in [2.24, 2.45) is 0 Å². The van der Waals surface area contributed by atoms with Crippen molar-refractivity contribution < 1.29 is 34.7 Å². The Bertz CT molecular complexity index is 968. The summed E-state index contributed by atoms with van der Waals surface area (Å²) in [6.07, 6.45) is -7.30. The molecule has 11 heteroatoms. The molecular weight excluding hydrogens is 400 g/mol. The third kappa shape index (κ3) is 4.28. The van der Waals surface area contributed by atoms with Crippen LogP contribution in [0.1, 0.15) is 12.8 Å². The molecule has 1 aliphatic rings. The van der Waals surface area contributed by atoms with Crippen LogP contribution in [0.3, 0.4) is 0 Å². The van der Waals surface area contributed by atoms with E-state index in [9.17, 15) is 29.7 Å². The number of anilines is 3. The summed E-state index contributed by atoms with van der Waals surface area (Å²) in [6, 6.07) is 6.14. The standard InChI is InChI=1S/C19H22N2O9/c1-20-12-13(16(26)15(12)25)21-8-2-4-9(5-3-8)29-19-18(28)17(27)14(24)10(30-19)6-7-11(22)23/h2-5,10,14,17-21,24,27-28H,6-7H2,1H3,(H,22,23)/t10?,14?,17-,18+,19?/m0/s1. The molecule has 1 heterocycles. The number of aliphatic carboxylic acids is 1. The van der Waals surface area contributed by atoms with Crippen molar-refractivity contribution in [3.63, 3.8) is 0 Å². The molecule has 0 saturated carbocycles. The number of rotatable bonds is 8. The molecule has 11 nitrogen and oxygen atoms in total. The number of carbonyl (C=O) groups is 1. The zero-order valence-electron chi connectivity index (χ0n) is 15.9. The van der Waals surface area contributed by atoms with E-state index in [0.29, 0.717) is 5.69 Å².